The van der Waals surface area contributed by atoms with Crippen LogP contribution in [0.25, 0.3) is 0 Å². The Labute approximate surface area is 158 Å². The van der Waals surface area contributed by atoms with Crippen LogP contribution in [0, 0.1) is 0 Å². The number of benzene rings is 2. The topological polar surface area (TPSA) is 3.24 Å². The lowest BCUT2D eigenvalue weighted by atomic mass is 9.79. The van der Waals surface area contributed by atoms with Crippen molar-refractivity contribution in [3.63, 3.8) is 0 Å². The van der Waals surface area contributed by atoms with Crippen molar-refractivity contribution in [1.82, 2.24) is 4.90 Å². The number of alkyl halides is 1. The van der Waals surface area contributed by atoms with Gasteiger partial charge in [0, 0.05) is 17.8 Å². The summed E-state index contributed by atoms with van der Waals surface area (Å²) in [6.07, 6.45) is 5.95. The van der Waals surface area contributed by atoms with E-state index in [0.29, 0.717) is 11.3 Å². The molecule has 0 heterocycles. The van der Waals surface area contributed by atoms with E-state index in [4.69, 9.17) is 11.6 Å². The number of hydrogen-bond donors (Lipinski definition) is 0. The maximum atomic E-state index is 6.29. The summed E-state index contributed by atoms with van der Waals surface area (Å²) in [5.41, 5.74) is 4.31. The Bertz CT molecular complexity index is 622. The highest BCUT2D eigenvalue weighted by Gasteiger charge is 2.29. The Morgan fingerprint density at radius 3 is 2.20 bits per heavy atom. The second-order valence-electron chi connectivity index (χ2n) is 7.21. The second-order valence-corrected chi connectivity index (χ2v) is 7.78. The molecule has 0 N–H and O–H groups in total. The van der Waals surface area contributed by atoms with Gasteiger partial charge in [0.2, 0.25) is 0 Å². The van der Waals surface area contributed by atoms with Gasteiger partial charge in [0.1, 0.15) is 0 Å². The second kappa shape index (κ2) is 9.40. The third-order valence-corrected chi connectivity index (χ3v) is 6.07. The van der Waals surface area contributed by atoms with Crippen LogP contribution in [0.5, 0.6) is 0 Å². The summed E-state index contributed by atoms with van der Waals surface area (Å²) in [7, 11) is 0. The summed E-state index contributed by atoms with van der Waals surface area (Å²) in [6, 6.07) is 20.0. The molecule has 1 nitrogen and oxygen atoms in total. The molecule has 1 aliphatic rings. The molecule has 0 radical (unpaired) electrons. The van der Waals surface area contributed by atoms with E-state index >= 15 is 0 Å². The fourth-order valence-electron chi connectivity index (χ4n) is 3.63. The van der Waals surface area contributed by atoms with Crippen molar-refractivity contribution in [3.8, 4) is 0 Å². The fourth-order valence-corrected chi connectivity index (χ4v) is 4.03. The Kier molecular flexibility index (Phi) is 6.95. The van der Waals surface area contributed by atoms with Crippen molar-refractivity contribution in [2.45, 2.75) is 50.3 Å². The van der Waals surface area contributed by atoms with Crippen LogP contribution in [0.3, 0.4) is 0 Å². The molecule has 134 valence electrons. The Morgan fingerprint density at radius 2 is 1.60 bits per heavy atom. The Balaban J connectivity index is 1.40. The van der Waals surface area contributed by atoms with Crippen molar-refractivity contribution in [2.75, 3.05) is 19.6 Å². The molecule has 0 amide bonds. The van der Waals surface area contributed by atoms with Gasteiger partial charge in [-0.15, -0.1) is 11.6 Å². The molecule has 0 saturated heterocycles. The van der Waals surface area contributed by atoms with E-state index in [0.717, 1.165) is 25.9 Å². The average Bonchev–Trinajstić information content (AvgIpc) is 2.65. The predicted molar refractivity (Wildman–Crippen MR) is 109 cm³/mol. The van der Waals surface area contributed by atoms with Gasteiger partial charge < -0.3 is 4.90 Å². The number of halogens is 1. The number of aryl methyl sites for hydroxylation is 1. The molecule has 1 aliphatic carbocycles. The van der Waals surface area contributed by atoms with E-state index in [1.54, 1.807) is 0 Å². The van der Waals surface area contributed by atoms with Gasteiger partial charge >= 0.3 is 0 Å². The first-order valence-corrected chi connectivity index (χ1v) is 10.2. The highest BCUT2D eigenvalue weighted by atomic mass is 35.5. The van der Waals surface area contributed by atoms with Crippen LogP contribution in [-0.2, 0) is 12.8 Å². The molecule has 2 heteroatoms. The van der Waals surface area contributed by atoms with Crippen LogP contribution in [0.1, 0.15) is 48.8 Å². The highest BCUT2D eigenvalue weighted by molar-refractivity contribution is 6.21. The zero-order valence-corrected chi connectivity index (χ0v) is 16.1. The molecule has 0 aliphatic heterocycles. The van der Waals surface area contributed by atoms with Crippen LogP contribution in [0.4, 0.5) is 0 Å². The van der Waals surface area contributed by atoms with Crippen LogP contribution in [-0.4, -0.2) is 29.9 Å². The van der Waals surface area contributed by atoms with E-state index in [1.807, 2.05) is 0 Å². The van der Waals surface area contributed by atoms with Crippen molar-refractivity contribution in [2.24, 2.45) is 0 Å². The van der Waals surface area contributed by atoms with Crippen molar-refractivity contribution >= 4 is 11.6 Å². The minimum absolute atomic E-state index is 0.355. The largest absolute Gasteiger partial charge is 0.303 e. The van der Waals surface area contributed by atoms with Gasteiger partial charge in [-0.25, -0.2) is 0 Å². The minimum Gasteiger partial charge on any atom is -0.303 e. The molecule has 1 fully saturated rings. The molecule has 0 spiro atoms. The molecular weight excluding hydrogens is 326 g/mol. The van der Waals surface area contributed by atoms with Gasteiger partial charge in [0.15, 0.2) is 0 Å². The van der Waals surface area contributed by atoms with Gasteiger partial charge in [0.05, 0.1) is 0 Å². The number of rotatable bonds is 9. The van der Waals surface area contributed by atoms with Crippen molar-refractivity contribution in [3.05, 3.63) is 71.3 Å². The third kappa shape index (κ3) is 5.33. The zero-order chi connectivity index (χ0) is 17.5. The molecule has 1 saturated carbocycles. The first kappa shape index (κ1) is 18.5. The summed E-state index contributed by atoms with van der Waals surface area (Å²) >= 11 is 6.29. The lowest BCUT2D eigenvalue weighted by molar-refractivity contribution is 0.288. The van der Waals surface area contributed by atoms with Gasteiger partial charge in [0.25, 0.3) is 0 Å². The summed E-state index contributed by atoms with van der Waals surface area (Å²) in [5, 5.41) is 0.355. The predicted octanol–water partition coefficient (Wildman–Crippen LogP) is 5.67. The van der Waals surface area contributed by atoms with Crippen molar-refractivity contribution < 1.29 is 0 Å². The van der Waals surface area contributed by atoms with E-state index in [9.17, 15) is 0 Å². The maximum absolute atomic E-state index is 6.29. The third-order valence-electron chi connectivity index (χ3n) is 5.54. The Morgan fingerprint density at radius 1 is 0.880 bits per heavy atom. The summed E-state index contributed by atoms with van der Waals surface area (Å²) < 4.78 is 0. The van der Waals surface area contributed by atoms with Crippen LogP contribution in [0.15, 0.2) is 54.6 Å². The lowest BCUT2D eigenvalue weighted by Gasteiger charge is -2.32. The molecule has 0 aromatic heterocycles. The van der Waals surface area contributed by atoms with E-state index in [2.05, 4.69) is 66.4 Å². The van der Waals surface area contributed by atoms with E-state index in [1.165, 1.54) is 42.5 Å². The molecule has 0 bridgehead atoms. The quantitative estimate of drug-likeness (QED) is 0.524. The maximum Gasteiger partial charge on any atom is 0.0404 e. The van der Waals surface area contributed by atoms with Crippen molar-refractivity contribution in [1.29, 1.82) is 0 Å². The molecule has 2 aromatic carbocycles. The van der Waals surface area contributed by atoms with Gasteiger partial charge in [-0.1, -0.05) is 61.5 Å². The molecule has 2 atom stereocenters. The zero-order valence-electron chi connectivity index (χ0n) is 15.3. The van der Waals surface area contributed by atoms with E-state index < -0.39 is 0 Å². The molecule has 2 unspecified atom stereocenters. The first-order valence-electron chi connectivity index (χ1n) is 9.75. The smallest absolute Gasteiger partial charge is 0.0404 e. The fraction of sp³-hybridized carbons (Fsp3) is 0.478. The van der Waals surface area contributed by atoms with E-state index in [-0.39, 0.29) is 0 Å². The van der Waals surface area contributed by atoms with Crippen LogP contribution in [0.2, 0.25) is 0 Å². The monoisotopic (exact) mass is 355 g/mol. The SMILES string of the molecule is CCN(CCCc1ccc(C2CCC2Cl)cc1)CCc1ccccc1. The van der Waals surface area contributed by atoms with Crippen LogP contribution < -0.4 is 0 Å². The summed E-state index contributed by atoms with van der Waals surface area (Å²) in [4.78, 5) is 2.56. The number of nitrogens with zero attached hydrogens (tertiary/aromatic N) is 1. The summed E-state index contributed by atoms with van der Waals surface area (Å²) in [6.45, 7) is 5.72. The highest BCUT2D eigenvalue weighted by Crippen LogP contribution is 2.40. The summed E-state index contributed by atoms with van der Waals surface area (Å²) in [5.74, 6) is 0.587. The first-order chi connectivity index (χ1) is 12.3. The average molecular weight is 356 g/mol. The molecule has 2 aromatic rings. The normalized spacial score (nSPS) is 19.8. The lowest BCUT2D eigenvalue weighted by Crippen LogP contribution is -2.27. The van der Waals surface area contributed by atoms with Gasteiger partial charge in [-0.05, 0) is 61.9 Å². The molecule has 25 heavy (non-hydrogen) atoms. The number of likely N-dealkylation sites (N-methyl/N-ethyl adjacent to an activating group) is 1. The molecule has 3 rings (SSSR count). The van der Waals surface area contributed by atoms with Gasteiger partial charge in [-0.3, -0.25) is 0 Å². The van der Waals surface area contributed by atoms with Gasteiger partial charge in [-0.2, -0.15) is 0 Å². The number of hydrogen-bond acceptors (Lipinski definition) is 1. The van der Waals surface area contributed by atoms with Crippen LogP contribution >= 0.6 is 11.6 Å². The minimum atomic E-state index is 0.355. The standard InChI is InChI=1S/C23H30ClN/c1-2-25(18-16-19-7-4-3-5-8-19)17-6-9-20-10-12-21(13-11-20)22-14-15-23(22)24/h3-5,7-8,10-13,22-23H,2,6,9,14-18H2,1H3. The Hall–Kier alpha value is -1.31. The molecular formula is C23H30ClN.